The number of urea groups is 1. The first-order valence-corrected chi connectivity index (χ1v) is 7.77. The number of morpholine rings is 1. The zero-order valence-corrected chi connectivity index (χ0v) is 12.6. The fourth-order valence-electron chi connectivity index (χ4n) is 2.04. The third-order valence-electron chi connectivity index (χ3n) is 3.16. The summed E-state index contributed by atoms with van der Waals surface area (Å²) in [7, 11) is 0. The third-order valence-corrected chi connectivity index (χ3v) is 4.45. The lowest BCUT2D eigenvalue weighted by molar-refractivity contribution is -0.0153. The van der Waals surface area contributed by atoms with E-state index < -0.39 is 0 Å². The van der Waals surface area contributed by atoms with Gasteiger partial charge in [-0.05, 0) is 25.0 Å². The van der Waals surface area contributed by atoms with Gasteiger partial charge >= 0.3 is 6.03 Å². The molecule has 0 bridgehead atoms. The number of halogens is 1. The molecule has 1 fully saturated rings. The number of hydrogen-bond donors (Lipinski definition) is 1. The number of carbonyl (C=O) groups is 1. The molecule has 0 radical (unpaired) electrons. The van der Waals surface area contributed by atoms with Crippen LogP contribution in [0.1, 0.15) is 18.2 Å². The van der Waals surface area contributed by atoms with E-state index in [1.807, 2.05) is 17.0 Å². The number of amides is 2. The van der Waals surface area contributed by atoms with Crippen molar-refractivity contribution in [3.05, 3.63) is 21.3 Å². The Morgan fingerprint density at radius 2 is 2.47 bits per heavy atom. The number of ether oxygens (including phenoxy) is 1. The van der Waals surface area contributed by atoms with Gasteiger partial charge in [0.05, 0.1) is 17.0 Å². The predicted octanol–water partition coefficient (Wildman–Crippen LogP) is 2.76. The van der Waals surface area contributed by atoms with Crippen molar-refractivity contribution in [2.24, 2.45) is 0 Å². The minimum absolute atomic E-state index is 0.00408. The molecule has 2 amide bonds. The molecule has 0 aromatic carbocycles. The van der Waals surface area contributed by atoms with Crippen LogP contribution in [-0.4, -0.2) is 43.3 Å². The van der Waals surface area contributed by atoms with E-state index in [0.717, 1.165) is 17.2 Å². The molecule has 1 unspecified atom stereocenters. The Morgan fingerprint density at radius 1 is 1.63 bits per heavy atom. The first-order chi connectivity index (χ1) is 9.19. The maximum absolute atomic E-state index is 12.0. The molecule has 0 spiro atoms. The molecule has 106 valence electrons. The zero-order valence-electron chi connectivity index (χ0n) is 11.0. The van der Waals surface area contributed by atoms with E-state index in [1.165, 1.54) is 4.88 Å². The number of nitrogens with zero attached hydrogens (tertiary/aromatic N) is 1. The molecular weight excluding hydrogens is 284 g/mol. The van der Waals surface area contributed by atoms with Crippen LogP contribution in [0.4, 0.5) is 4.79 Å². The summed E-state index contributed by atoms with van der Waals surface area (Å²) in [6.45, 7) is 4.71. The predicted molar refractivity (Wildman–Crippen MR) is 78.0 cm³/mol. The molecule has 1 aliphatic heterocycles. The molecule has 1 aromatic rings. The topological polar surface area (TPSA) is 41.6 Å². The fraction of sp³-hybridized carbons (Fsp3) is 0.615. The number of hydrogen-bond acceptors (Lipinski definition) is 3. The largest absolute Gasteiger partial charge is 0.375 e. The Labute approximate surface area is 122 Å². The van der Waals surface area contributed by atoms with Crippen molar-refractivity contribution in [3.63, 3.8) is 0 Å². The average Bonchev–Trinajstić information content (AvgIpc) is 2.84. The van der Waals surface area contributed by atoms with Gasteiger partial charge in [-0.1, -0.05) is 18.5 Å². The standard InChI is InChI=1S/C13H19ClN2O2S/c1-2-10-9-16(7-8-18-10)13(17)15-6-5-11-3-4-12(14)19-11/h3-4,10H,2,5-9H2,1H3,(H,15,17). The van der Waals surface area contributed by atoms with Crippen LogP contribution in [0.25, 0.3) is 0 Å². The average molecular weight is 303 g/mol. The third kappa shape index (κ3) is 4.37. The monoisotopic (exact) mass is 302 g/mol. The van der Waals surface area contributed by atoms with Gasteiger partial charge in [0.2, 0.25) is 0 Å². The van der Waals surface area contributed by atoms with Gasteiger partial charge in [0.25, 0.3) is 0 Å². The molecule has 1 N–H and O–H groups in total. The number of rotatable bonds is 4. The first-order valence-electron chi connectivity index (χ1n) is 6.57. The van der Waals surface area contributed by atoms with Crippen molar-refractivity contribution in [3.8, 4) is 0 Å². The van der Waals surface area contributed by atoms with Gasteiger partial charge in [-0.2, -0.15) is 0 Å². The van der Waals surface area contributed by atoms with Crippen LogP contribution >= 0.6 is 22.9 Å². The van der Waals surface area contributed by atoms with E-state index >= 15 is 0 Å². The lowest BCUT2D eigenvalue weighted by Gasteiger charge is -2.32. The Hall–Kier alpha value is -0.780. The summed E-state index contributed by atoms with van der Waals surface area (Å²) < 4.78 is 6.34. The summed E-state index contributed by atoms with van der Waals surface area (Å²) in [6, 6.07) is 3.89. The summed E-state index contributed by atoms with van der Waals surface area (Å²) in [4.78, 5) is 15.0. The summed E-state index contributed by atoms with van der Waals surface area (Å²) >= 11 is 7.42. The summed E-state index contributed by atoms with van der Waals surface area (Å²) in [5.41, 5.74) is 0. The zero-order chi connectivity index (χ0) is 13.7. The maximum Gasteiger partial charge on any atom is 0.317 e. The Bertz CT molecular complexity index is 425. The maximum atomic E-state index is 12.0. The van der Waals surface area contributed by atoms with E-state index in [9.17, 15) is 4.79 Å². The number of carbonyl (C=O) groups excluding carboxylic acids is 1. The second-order valence-electron chi connectivity index (χ2n) is 4.53. The van der Waals surface area contributed by atoms with Crippen molar-refractivity contribution in [1.82, 2.24) is 10.2 Å². The summed E-state index contributed by atoms with van der Waals surface area (Å²) in [5.74, 6) is 0. The highest BCUT2D eigenvalue weighted by Gasteiger charge is 2.22. The second-order valence-corrected chi connectivity index (χ2v) is 6.33. The van der Waals surface area contributed by atoms with Crippen molar-refractivity contribution in [2.45, 2.75) is 25.9 Å². The number of thiophene rings is 1. The van der Waals surface area contributed by atoms with Crippen LogP contribution < -0.4 is 5.32 Å². The van der Waals surface area contributed by atoms with Crippen LogP contribution in [0.2, 0.25) is 4.34 Å². The van der Waals surface area contributed by atoms with E-state index in [4.69, 9.17) is 16.3 Å². The summed E-state index contributed by atoms with van der Waals surface area (Å²) in [5, 5.41) is 2.95. The molecule has 0 saturated carbocycles. The van der Waals surface area contributed by atoms with Gasteiger partial charge in [0.1, 0.15) is 0 Å². The molecular formula is C13H19ClN2O2S. The SMILES string of the molecule is CCC1CN(C(=O)NCCc2ccc(Cl)s2)CCO1. The van der Waals surface area contributed by atoms with Gasteiger partial charge in [-0.15, -0.1) is 11.3 Å². The molecule has 1 saturated heterocycles. The molecule has 2 rings (SSSR count). The highest BCUT2D eigenvalue weighted by atomic mass is 35.5. The van der Waals surface area contributed by atoms with Crippen LogP contribution in [0.15, 0.2) is 12.1 Å². The van der Waals surface area contributed by atoms with Gasteiger partial charge in [-0.3, -0.25) is 0 Å². The molecule has 4 nitrogen and oxygen atoms in total. The Balaban J connectivity index is 1.72. The minimum Gasteiger partial charge on any atom is -0.375 e. The lowest BCUT2D eigenvalue weighted by atomic mass is 10.2. The minimum atomic E-state index is 0.00408. The van der Waals surface area contributed by atoms with Gasteiger partial charge in [0.15, 0.2) is 0 Å². The van der Waals surface area contributed by atoms with Crippen LogP contribution in [0.3, 0.4) is 0 Å². The molecule has 1 aromatic heterocycles. The van der Waals surface area contributed by atoms with Gasteiger partial charge in [0, 0.05) is 24.5 Å². The second kappa shape index (κ2) is 7.12. The Morgan fingerprint density at radius 3 is 3.16 bits per heavy atom. The van der Waals surface area contributed by atoms with Crippen LogP contribution in [0, 0.1) is 0 Å². The smallest absolute Gasteiger partial charge is 0.317 e. The van der Waals surface area contributed by atoms with Gasteiger partial charge < -0.3 is 15.0 Å². The van der Waals surface area contributed by atoms with Gasteiger partial charge in [-0.25, -0.2) is 4.79 Å². The van der Waals surface area contributed by atoms with E-state index in [-0.39, 0.29) is 12.1 Å². The van der Waals surface area contributed by atoms with E-state index in [0.29, 0.717) is 26.2 Å². The quantitative estimate of drug-likeness (QED) is 0.929. The van der Waals surface area contributed by atoms with E-state index in [1.54, 1.807) is 11.3 Å². The van der Waals surface area contributed by atoms with Crippen molar-refractivity contribution in [2.75, 3.05) is 26.2 Å². The first kappa shape index (κ1) is 14.6. The molecule has 19 heavy (non-hydrogen) atoms. The molecule has 1 aliphatic rings. The van der Waals surface area contributed by atoms with Crippen LogP contribution in [0.5, 0.6) is 0 Å². The lowest BCUT2D eigenvalue weighted by Crippen LogP contribution is -2.49. The molecule has 2 heterocycles. The van der Waals surface area contributed by atoms with Crippen molar-refractivity contribution in [1.29, 1.82) is 0 Å². The van der Waals surface area contributed by atoms with Crippen LogP contribution in [-0.2, 0) is 11.2 Å². The fourth-order valence-corrected chi connectivity index (χ4v) is 3.13. The normalized spacial score (nSPS) is 19.5. The molecule has 6 heteroatoms. The molecule has 0 aliphatic carbocycles. The summed E-state index contributed by atoms with van der Waals surface area (Å²) in [6.07, 6.45) is 1.94. The highest BCUT2D eigenvalue weighted by Crippen LogP contribution is 2.21. The Kier molecular flexibility index (Phi) is 5.48. The highest BCUT2D eigenvalue weighted by molar-refractivity contribution is 7.16. The van der Waals surface area contributed by atoms with Crippen molar-refractivity contribution >= 4 is 29.0 Å². The van der Waals surface area contributed by atoms with Crippen molar-refractivity contribution < 1.29 is 9.53 Å². The van der Waals surface area contributed by atoms with E-state index in [2.05, 4.69) is 12.2 Å². The number of nitrogens with one attached hydrogen (secondary N) is 1. The molecule has 1 atom stereocenters.